The van der Waals surface area contributed by atoms with E-state index in [4.69, 9.17) is 34.8 Å². The number of unbranched alkanes of at least 4 members (excludes halogenated alkanes) is 5. The minimum Gasteiger partial charge on any atom is -0.179 e. The molecule has 0 aliphatic heterocycles. The summed E-state index contributed by atoms with van der Waals surface area (Å²) in [6.07, 6.45) is 9.57. The molecule has 0 N–H and O–H groups in total. The maximum Gasteiger partial charge on any atom is 0.193 e. The van der Waals surface area contributed by atoms with Gasteiger partial charge in [0, 0.05) is 5.92 Å². The first-order valence-corrected chi connectivity index (χ1v) is 7.96. The Morgan fingerprint density at radius 1 is 0.938 bits per heavy atom. The quantitative estimate of drug-likeness (QED) is 0.299. The number of hydrogen-bond donors (Lipinski definition) is 1. The summed E-state index contributed by atoms with van der Waals surface area (Å²) in [6.45, 7) is 2.23. The summed E-state index contributed by atoms with van der Waals surface area (Å²) in [5.74, 6) is 0.940. The van der Waals surface area contributed by atoms with E-state index in [0.29, 0.717) is 0 Å². The Kier molecular flexibility index (Phi) is 10.9. The van der Waals surface area contributed by atoms with Crippen LogP contribution in [0.3, 0.4) is 0 Å². The normalized spacial score (nSPS) is 14.1. The molecule has 0 aromatic rings. The topological polar surface area (TPSA) is 0 Å². The SMILES string of the molecule is CCCCCCCCC(CCS)C(Cl)(Cl)Cl. The van der Waals surface area contributed by atoms with Gasteiger partial charge in [0.05, 0.1) is 0 Å². The fourth-order valence-corrected chi connectivity index (χ4v) is 2.76. The highest BCUT2D eigenvalue weighted by Gasteiger charge is 2.30. The van der Waals surface area contributed by atoms with E-state index in [1.54, 1.807) is 0 Å². The van der Waals surface area contributed by atoms with Crippen molar-refractivity contribution in [1.29, 1.82) is 0 Å². The van der Waals surface area contributed by atoms with Crippen molar-refractivity contribution in [3.63, 3.8) is 0 Å². The average molecular weight is 306 g/mol. The van der Waals surface area contributed by atoms with Crippen LogP contribution in [-0.4, -0.2) is 9.55 Å². The number of thiol groups is 1. The fourth-order valence-electron chi connectivity index (χ4n) is 1.80. The van der Waals surface area contributed by atoms with E-state index >= 15 is 0 Å². The lowest BCUT2D eigenvalue weighted by molar-refractivity contribution is 0.447. The van der Waals surface area contributed by atoms with E-state index in [9.17, 15) is 0 Å². The predicted molar refractivity (Wildman–Crippen MR) is 80.2 cm³/mol. The lowest BCUT2D eigenvalue weighted by atomic mass is 9.99. The molecule has 0 bridgehead atoms. The molecule has 0 heterocycles. The van der Waals surface area contributed by atoms with Gasteiger partial charge in [0.25, 0.3) is 0 Å². The van der Waals surface area contributed by atoms with Gasteiger partial charge in [0.15, 0.2) is 3.79 Å². The zero-order chi connectivity index (χ0) is 12.4. The van der Waals surface area contributed by atoms with E-state index in [-0.39, 0.29) is 5.92 Å². The second-order valence-corrected chi connectivity index (χ2v) is 7.12. The minimum atomic E-state index is -1.12. The Balaban J connectivity index is 3.61. The third-order valence-corrected chi connectivity index (χ3v) is 4.03. The molecule has 0 saturated carbocycles. The zero-order valence-electron chi connectivity index (χ0n) is 10.0. The largest absolute Gasteiger partial charge is 0.193 e. The zero-order valence-corrected chi connectivity index (χ0v) is 13.2. The lowest BCUT2D eigenvalue weighted by Crippen LogP contribution is -2.19. The molecule has 0 rings (SSSR count). The molecular formula is C12H23Cl3S. The summed E-state index contributed by atoms with van der Waals surface area (Å²) in [6, 6.07) is 0. The first-order chi connectivity index (χ1) is 7.52. The van der Waals surface area contributed by atoms with Crippen LogP contribution in [0.15, 0.2) is 0 Å². The third-order valence-electron chi connectivity index (χ3n) is 2.85. The van der Waals surface area contributed by atoms with Crippen molar-refractivity contribution in [1.82, 2.24) is 0 Å². The van der Waals surface area contributed by atoms with E-state index in [2.05, 4.69) is 19.6 Å². The van der Waals surface area contributed by atoms with Gasteiger partial charge in [-0.3, -0.25) is 0 Å². The monoisotopic (exact) mass is 304 g/mol. The van der Waals surface area contributed by atoms with Crippen molar-refractivity contribution in [3.8, 4) is 0 Å². The molecule has 0 amide bonds. The molecule has 0 nitrogen and oxygen atoms in total. The molecule has 16 heavy (non-hydrogen) atoms. The van der Waals surface area contributed by atoms with Crippen LogP contribution >= 0.6 is 47.4 Å². The smallest absolute Gasteiger partial charge is 0.179 e. The van der Waals surface area contributed by atoms with Crippen LogP contribution in [0, 0.1) is 5.92 Å². The van der Waals surface area contributed by atoms with Crippen molar-refractivity contribution in [2.24, 2.45) is 5.92 Å². The van der Waals surface area contributed by atoms with Gasteiger partial charge >= 0.3 is 0 Å². The van der Waals surface area contributed by atoms with E-state index in [1.807, 2.05) is 0 Å². The highest BCUT2D eigenvalue weighted by atomic mass is 35.6. The van der Waals surface area contributed by atoms with Crippen molar-refractivity contribution in [2.75, 3.05) is 5.75 Å². The minimum absolute atomic E-state index is 0.154. The molecule has 0 aromatic carbocycles. The Bertz CT molecular complexity index is 157. The number of hydrogen-bond acceptors (Lipinski definition) is 1. The van der Waals surface area contributed by atoms with Gasteiger partial charge in [-0.2, -0.15) is 12.6 Å². The highest BCUT2D eigenvalue weighted by molar-refractivity contribution is 7.80. The van der Waals surface area contributed by atoms with Crippen LogP contribution in [0.1, 0.15) is 58.3 Å². The number of rotatable bonds is 9. The highest BCUT2D eigenvalue weighted by Crippen LogP contribution is 2.40. The van der Waals surface area contributed by atoms with Crippen LogP contribution in [-0.2, 0) is 0 Å². The second kappa shape index (κ2) is 10.2. The van der Waals surface area contributed by atoms with Crippen molar-refractivity contribution < 1.29 is 0 Å². The second-order valence-electron chi connectivity index (χ2n) is 4.31. The summed E-state index contributed by atoms with van der Waals surface area (Å²) in [5, 5.41) is 0. The van der Waals surface area contributed by atoms with Gasteiger partial charge in [0.2, 0.25) is 0 Å². The molecule has 0 aliphatic carbocycles. The summed E-state index contributed by atoms with van der Waals surface area (Å²) in [4.78, 5) is 0. The van der Waals surface area contributed by atoms with Crippen LogP contribution in [0.2, 0.25) is 0 Å². The Hall–Kier alpha value is 1.22. The van der Waals surface area contributed by atoms with Crippen LogP contribution in [0.4, 0.5) is 0 Å². The molecule has 1 atom stereocenters. The predicted octanol–water partition coefficient (Wildman–Crippen LogP) is 6.04. The van der Waals surface area contributed by atoms with Crippen molar-refractivity contribution in [3.05, 3.63) is 0 Å². The molecule has 4 heteroatoms. The van der Waals surface area contributed by atoms with E-state index in [0.717, 1.165) is 25.0 Å². The molecule has 0 fully saturated rings. The molecule has 98 valence electrons. The van der Waals surface area contributed by atoms with Gasteiger partial charge in [0.1, 0.15) is 0 Å². The summed E-state index contributed by atoms with van der Waals surface area (Å²) in [7, 11) is 0. The average Bonchev–Trinajstić information content (AvgIpc) is 2.20. The molecule has 1 unspecified atom stereocenters. The van der Waals surface area contributed by atoms with Gasteiger partial charge in [-0.05, 0) is 18.6 Å². The molecular weight excluding hydrogens is 283 g/mol. The van der Waals surface area contributed by atoms with Crippen LogP contribution < -0.4 is 0 Å². The molecule has 0 spiro atoms. The first-order valence-electron chi connectivity index (χ1n) is 6.20. The molecule has 0 saturated heterocycles. The van der Waals surface area contributed by atoms with Crippen LogP contribution in [0.25, 0.3) is 0 Å². The number of alkyl halides is 3. The lowest BCUT2D eigenvalue weighted by Gasteiger charge is -2.23. The Morgan fingerprint density at radius 2 is 1.50 bits per heavy atom. The van der Waals surface area contributed by atoms with E-state index in [1.165, 1.54) is 32.1 Å². The van der Waals surface area contributed by atoms with Gasteiger partial charge < -0.3 is 0 Å². The molecule has 0 aliphatic rings. The summed E-state index contributed by atoms with van der Waals surface area (Å²) < 4.78 is -1.12. The fraction of sp³-hybridized carbons (Fsp3) is 1.00. The number of halogens is 3. The summed E-state index contributed by atoms with van der Waals surface area (Å²) >= 11 is 22.0. The Morgan fingerprint density at radius 3 is 2.00 bits per heavy atom. The molecule has 0 aromatic heterocycles. The van der Waals surface area contributed by atoms with Crippen molar-refractivity contribution in [2.45, 2.75) is 62.1 Å². The molecule has 0 radical (unpaired) electrons. The van der Waals surface area contributed by atoms with Crippen LogP contribution in [0.5, 0.6) is 0 Å². The third kappa shape index (κ3) is 9.27. The Labute approximate surface area is 121 Å². The standard InChI is InChI=1S/C12H23Cl3S/c1-2-3-4-5-6-7-8-11(9-10-16)12(13,14)15/h11,16H,2-10H2,1H3. The summed E-state index contributed by atoms with van der Waals surface area (Å²) in [5.41, 5.74) is 0. The first kappa shape index (κ1) is 17.2. The maximum atomic E-state index is 5.94. The van der Waals surface area contributed by atoms with Crippen molar-refractivity contribution >= 4 is 47.4 Å². The van der Waals surface area contributed by atoms with Gasteiger partial charge in [-0.25, -0.2) is 0 Å². The van der Waals surface area contributed by atoms with Gasteiger partial charge in [-0.15, -0.1) is 0 Å². The van der Waals surface area contributed by atoms with Gasteiger partial charge in [-0.1, -0.05) is 80.3 Å². The maximum absolute atomic E-state index is 5.94. The van der Waals surface area contributed by atoms with E-state index < -0.39 is 3.79 Å².